The largest absolute Gasteiger partial charge is 0.351 e. The Morgan fingerprint density at radius 3 is 2.65 bits per heavy atom. The highest BCUT2D eigenvalue weighted by atomic mass is 19.1. The minimum absolute atomic E-state index is 0.150. The lowest BCUT2D eigenvalue weighted by atomic mass is 9.97. The van der Waals surface area contributed by atoms with Gasteiger partial charge in [0.1, 0.15) is 11.3 Å². The number of halogens is 1. The van der Waals surface area contributed by atoms with E-state index in [2.05, 4.69) is 15.3 Å². The number of hydrogen-bond donors (Lipinski definition) is 1. The summed E-state index contributed by atoms with van der Waals surface area (Å²) in [6.07, 6.45) is 3.12. The molecule has 172 valence electrons. The Morgan fingerprint density at radius 1 is 1.06 bits per heavy atom. The SMILES string of the molecule is O=C(Nc1ccc(F)cc1)C1CCCN(c2nc3cccnc3n(Cc3ccccc3)c2=O)C1. The van der Waals surface area contributed by atoms with E-state index >= 15 is 0 Å². The maximum atomic E-state index is 13.6. The zero-order chi connectivity index (χ0) is 23.5. The van der Waals surface area contributed by atoms with Gasteiger partial charge in [-0.3, -0.25) is 14.2 Å². The first-order chi connectivity index (χ1) is 16.6. The standard InChI is InChI=1S/C26H24FN5O2/c27-20-10-12-21(13-11-20)29-25(33)19-8-5-15-31(17-19)24-26(34)32(16-18-6-2-1-3-7-18)23-22(30-24)9-4-14-28-23/h1-4,6-7,9-14,19H,5,8,15-17H2,(H,29,33). The molecule has 4 aromatic rings. The van der Waals surface area contributed by atoms with Crippen LogP contribution in [0.15, 0.2) is 77.7 Å². The minimum Gasteiger partial charge on any atom is -0.351 e. The Labute approximate surface area is 195 Å². The summed E-state index contributed by atoms with van der Waals surface area (Å²) < 4.78 is 14.8. The molecule has 1 fully saturated rings. The van der Waals surface area contributed by atoms with E-state index in [0.717, 1.165) is 12.0 Å². The molecule has 1 aliphatic rings. The molecule has 8 heteroatoms. The molecule has 0 spiro atoms. The number of rotatable bonds is 5. The van der Waals surface area contributed by atoms with Crippen LogP contribution in [0.2, 0.25) is 0 Å². The third kappa shape index (κ3) is 4.52. The van der Waals surface area contributed by atoms with Gasteiger partial charge in [-0.2, -0.15) is 0 Å². The summed E-state index contributed by atoms with van der Waals surface area (Å²) >= 11 is 0. The quantitative estimate of drug-likeness (QED) is 0.493. The van der Waals surface area contributed by atoms with Gasteiger partial charge in [-0.05, 0) is 54.8 Å². The van der Waals surface area contributed by atoms with Crippen molar-refractivity contribution in [2.75, 3.05) is 23.3 Å². The number of nitrogens with zero attached hydrogens (tertiary/aromatic N) is 4. The number of hydrogen-bond acceptors (Lipinski definition) is 5. The molecule has 0 aliphatic carbocycles. The van der Waals surface area contributed by atoms with Crippen LogP contribution >= 0.6 is 0 Å². The van der Waals surface area contributed by atoms with Crippen molar-refractivity contribution in [1.29, 1.82) is 0 Å². The Kier molecular flexibility index (Phi) is 6.03. The first-order valence-electron chi connectivity index (χ1n) is 11.3. The van der Waals surface area contributed by atoms with Crippen LogP contribution in [0.4, 0.5) is 15.9 Å². The highest BCUT2D eigenvalue weighted by Crippen LogP contribution is 2.23. The summed E-state index contributed by atoms with van der Waals surface area (Å²) in [4.78, 5) is 37.4. The van der Waals surface area contributed by atoms with E-state index in [4.69, 9.17) is 0 Å². The first kappa shape index (κ1) is 21.8. The highest BCUT2D eigenvalue weighted by molar-refractivity contribution is 5.93. The number of fused-ring (bicyclic) bond motifs is 1. The van der Waals surface area contributed by atoms with Crippen molar-refractivity contribution in [2.24, 2.45) is 5.92 Å². The molecule has 1 amide bonds. The Morgan fingerprint density at radius 2 is 1.85 bits per heavy atom. The predicted molar refractivity (Wildman–Crippen MR) is 129 cm³/mol. The molecule has 1 N–H and O–H groups in total. The fraction of sp³-hybridized carbons (Fsp3) is 0.231. The molecule has 2 aromatic carbocycles. The molecule has 1 atom stereocenters. The van der Waals surface area contributed by atoms with E-state index in [1.54, 1.807) is 16.8 Å². The summed E-state index contributed by atoms with van der Waals surface area (Å²) in [5, 5.41) is 2.85. The maximum absolute atomic E-state index is 13.6. The van der Waals surface area contributed by atoms with Crippen molar-refractivity contribution in [3.8, 4) is 0 Å². The molecule has 0 saturated carbocycles. The van der Waals surface area contributed by atoms with Crippen LogP contribution in [0, 0.1) is 11.7 Å². The van der Waals surface area contributed by atoms with Crippen LogP contribution < -0.4 is 15.8 Å². The van der Waals surface area contributed by atoms with Crippen molar-refractivity contribution >= 4 is 28.6 Å². The molecule has 1 aliphatic heterocycles. The number of aromatic nitrogens is 3. The average molecular weight is 458 g/mol. The first-order valence-corrected chi connectivity index (χ1v) is 11.3. The molecule has 34 heavy (non-hydrogen) atoms. The van der Waals surface area contributed by atoms with Gasteiger partial charge in [-0.1, -0.05) is 30.3 Å². The fourth-order valence-electron chi connectivity index (χ4n) is 4.34. The molecule has 1 unspecified atom stereocenters. The van der Waals surface area contributed by atoms with E-state index in [0.29, 0.717) is 48.7 Å². The lowest BCUT2D eigenvalue weighted by Gasteiger charge is -2.32. The van der Waals surface area contributed by atoms with Crippen LogP contribution in [0.25, 0.3) is 11.2 Å². The third-order valence-corrected chi connectivity index (χ3v) is 6.07. The van der Waals surface area contributed by atoms with E-state index in [1.807, 2.05) is 41.3 Å². The fourth-order valence-corrected chi connectivity index (χ4v) is 4.34. The number of carbonyl (C=O) groups excluding carboxylic acids is 1. The number of carbonyl (C=O) groups is 1. The van der Waals surface area contributed by atoms with Gasteiger partial charge in [0.25, 0.3) is 5.56 Å². The summed E-state index contributed by atoms with van der Waals surface area (Å²) in [6.45, 7) is 1.40. The van der Waals surface area contributed by atoms with Gasteiger partial charge in [0.05, 0.1) is 12.5 Å². The Hall–Kier alpha value is -4.07. The van der Waals surface area contributed by atoms with Crippen molar-refractivity contribution in [1.82, 2.24) is 14.5 Å². The molecule has 0 bridgehead atoms. The highest BCUT2D eigenvalue weighted by Gasteiger charge is 2.29. The molecular weight excluding hydrogens is 433 g/mol. The lowest BCUT2D eigenvalue weighted by molar-refractivity contribution is -0.120. The smallest absolute Gasteiger partial charge is 0.295 e. The Bertz CT molecular complexity index is 1370. The van der Waals surface area contributed by atoms with Gasteiger partial charge < -0.3 is 10.2 Å². The second-order valence-corrected chi connectivity index (χ2v) is 8.44. The number of nitrogens with one attached hydrogen (secondary N) is 1. The number of benzene rings is 2. The van der Waals surface area contributed by atoms with Gasteiger partial charge in [0.2, 0.25) is 5.91 Å². The van der Waals surface area contributed by atoms with Gasteiger partial charge in [-0.25, -0.2) is 14.4 Å². The average Bonchev–Trinajstić information content (AvgIpc) is 2.87. The van der Waals surface area contributed by atoms with E-state index in [-0.39, 0.29) is 23.2 Å². The molecule has 5 rings (SSSR count). The van der Waals surface area contributed by atoms with Gasteiger partial charge >= 0.3 is 0 Å². The van der Waals surface area contributed by atoms with Gasteiger partial charge in [0, 0.05) is 25.0 Å². The lowest BCUT2D eigenvalue weighted by Crippen LogP contribution is -2.44. The van der Waals surface area contributed by atoms with Crippen LogP contribution in [-0.2, 0) is 11.3 Å². The van der Waals surface area contributed by atoms with Crippen LogP contribution in [0.5, 0.6) is 0 Å². The molecule has 2 aromatic heterocycles. The summed E-state index contributed by atoms with van der Waals surface area (Å²) in [5.74, 6) is -0.489. The van der Waals surface area contributed by atoms with E-state index < -0.39 is 0 Å². The summed E-state index contributed by atoms with van der Waals surface area (Å²) in [6, 6.07) is 19.1. The second kappa shape index (κ2) is 9.43. The summed E-state index contributed by atoms with van der Waals surface area (Å²) in [5.41, 5.74) is 2.47. The second-order valence-electron chi connectivity index (χ2n) is 8.44. The molecule has 1 saturated heterocycles. The van der Waals surface area contributed by atoms with Crippen LogP contribution in [0.1, 0.15) is 18.4 Å². The number of anilines is 2. The normalized spacial score (nSPS) is 15.9. The Balaban J connectivity index is 1.44. The van der Waals surface area contributed by atoms with Crippen molar-refractivity contribution in [2.45, 2.75) is 19.4 Å². The van der Waals surface area contributed by atoms with Crippen LogP contribution in [-0.4, -0.2) is 33.5 Å². The molecule has 7 nitrogen and oxygen atoms in total. The van der Waals surface area contributed by atoms with Crippen molar-refractivity contribution in [3.63, 3.8) is 0 Å². The van der Waals surface area contributed by atoms with Gasteiger partial charge in [0.15, 0.2) is 11.5 Å². The maximum Gasteiger partial charge on any atom is 0.295 e. The van der Waals surface area contributed by atoms with E-state index in [9.17, 15) is 14.0 Å². The summed E-state index contributed by atoms with van der Waals surface area (Å²) in [7, 11) is 0. The number of amides is 1. The van der Waals surface area contributed by atoms with Crippen molar-refractivity contribution in [3.05, 3.63) is 94.7 Å². The molecular formula is C26H24FN5O2. The van der Waals surface area contributed by atoms with Crippen molar-refractivity contribution < 1.29 is 9.18 Å². The predicted octanol–water partition coefficient (Wildman–Crippen LogP) is 3.83. The van der Waals surface area contributed by atoms with E-state index in [1.165, 1.54) is 24.3 Å². The number of piperidine rings is 1. The van der Waals surface area contributed by atoms with Gasteiger partial charge in [-0.15, -0.1) is 0 Å². The van der Waals surface area contributed by atoms with Crippen LogP contribution in [0.3, 0.4) is 0 Å². The molecule has 3 heterocycles. The third-order valence-electron chi connectivity index (χ3n) is 6.07. The minimum atomic E-state index is -0.356. The monoisotopic (exact) mass is 457 g/mol. The zero-order valence-electron chi connectivity index (χ0n) is 18.5. The molecule has 0 radical (unpaired) electrons. The topological polar surface area (TPSA) is 80.1 Å². The number of pyridine rings is 1. The zero-order valence-corrected chi connectivity index (χ0v) is 18.5.